The van der Waals surface area contributed by atoms with E-state index in [1.54, 1.807) is 0 Å². The molecule has 1 N–H and O–H groups in total. The normalized spacial score (nSPS) is 14.1. The van der Waals surface area contributed by atoms with Crippen LogP contribution in [0.15, 0.2) is 66.2 Å². The van der Waals surface area contributed by atoms with Gasteiger partial charge in [-0.15, -0.1) is 0 Å². The topological polar surface area (TPSA) is 188 Å². The second-order valence-electron chi connectivity index (χ2n) is 7.95. The third-order valence-corrected chi connectivity index (χ3v) is 5.78. The van der Waals surface area contributed by atoms with E-state index in [0.29, 0.717) is 4.90 Å². The van der Waals surface area contributed by atoms with Crippen LogP contribution < -0.4 is 15.0 Å². The van der Waals surface area contributed by atoms with Gasteiger partial charge in [0.25, 0.3) is 17.5 Å². The van der Waals surface area contributed by atoms with Crippen molar-refractivity contribution in [2.45, 2.75) is 0 Å². The van der Waals surface area contributed by atoms with E-state index in [1.165, 1.54) is 55.7 Å². The molecule has 0 aliphatic carbocycles. The maximum Gasteiger partial charge on any atom is 0.337 e. The summed E-state index contributed by atoms with van der Waals surface area (Å²) in [6.45, 7) is 0. The Kier molecular flexibility index (Phi) is 7.54. The summed E-state index contributed by atoms with van der Waals surface area (Å²) >= 11 is 6.26. The largest absolute Gasteiger partial charge is 0.465 e. The minimum Gasteiger partial charge on any atom is -0.465 e. The molecule has 4 amide bonds. The van der Waals surface area contributed by atoms with E-state index < -0.39 is 50.6 Å². The van der Waals surface area contributed by atoms with Crippen molar-refractivity contribution in [2.24, 2.45) is 0 Å². The lowest BCUT2D eigenvalue weighted by Gasteiger charge is -2.26. The van der Waals surface area contributed by atoms with E-state index in [0.717, 1.165) is 18.2 Å². The Bertz CT molecular complexity index is 1630. The van der Waals surface area contributed by atoms with E-state index in [1.807, 2.05) is 0 Å². The Morgan fingerprint density at radius 1 is 0.950 bits per heavy atom. The summed E-state index contributed by atoms with van der Waals surface area (Å²) in [6, 6.07) is 11.2. The molecule has 1 aliphatic heterocycles. The third kappa shape index (κ3) is 5.46. The summed E-state index contributed by atoms with van der Waals surface area (Å²) in [4.78, 5) is 71.0. The number of nitro benzene ring substituents is 2. The van der Waals surface area contributed by atoms with Crippen LogP contribution in [0.25, 0.3) is 6.08 Å². The fourth-order valence-corrected chi connectivity index (χ4v) is 3.81. The number of ether oxygens (including phenoxy) is 2. The molecule has 0 atom stereocenters. The molecule has 4 rings (SSSR count). The van der Waals surface area contributed by atoms with Crippen LogP contribution in [0.4, 0.5) is 21.9 Å². The quantitative estimate of drug-likeness (QED) is 0.141. The highest BCUT2D eigenvalue weighted by Gasteiger charge is 2.37. The number of methoxy groups -OCH3 is 1. The summed E-state index contributed by atoms with van der Waals surface area (Å²) < 4.78 is 10.1. The molecular formula is C25H15ClN4O10. The van der Waals surface area contributed by atoms with Gasteiger partial charge in [-0.1, -0.05) is 17.7 Å². The summed E-state index contributed by atoms with van der Waals surface area (Å²) in [6.07, 6.45) is 1.17. The number of halogens is 1. The molecular weight excluding hydrogens is 552 g/mol. The molecule has 1 fully saturated rings. The predicted molar refractivity (Wildman–Crippen MR) is 138 cm³/mol. The second kappa shape index (κ2) is 11.0. The van der Waals surface area contributed by atoms with E-state index in [4.69, 9.17) is 16.3 Å². The van der Waals surface area contributed by atoms with Gasteiger partial charge in [-0.25, -0.2) is 14.5 Å². The lowest BCUT2D eigenvalue weighted by Crippen LogP contribution is -2.54. The van der Waals surface area contributed by atoms with Crippen molar-refractivity contribution >= 4 is 58.6 Å². The molecule has 15 heteroatoms. The summed E-state index contributed by atoms with van der Waals surface area (Å²) in [7, 11) is 1.20. The Labute approximate surface area is 228 Å². The molecule has 40 heavy (non-hydrogen) atoms. The van der Waals surface area contributed by atoms with Crippen LogP contribution in [0.1, 0.15) is 15.9 Å². The van der Waals surface area contributed by atoms with Crippen LogP contribution in [0.5, 0.6) is 11.5 Å². The Morgan fingerprint density at radius 2 is 1.62 bits per heavy atom. The smallest absolute Gasteiger partial charge is 0.337 e. The summed E-state index contributed by atoms with van der Waals surface area (Å²) in [5.74, 6) is -2.89. The van der Waals surface area contributed by atoms with Crippen molar-refractivity contribution in [1.82, 2.24) is 5.32 Å². The first-order valence-electron chi connectivity index (χ1n) is 11.0. The summed E-state index contributed by atoms with van der Waals surface area (Å²) in [5, 5.41) is 24.3. The molecule has 0 spiro atoms. The van der Waals surface area contributed by atoms with Gasteiger partial charge < -0.3 is 9.47 Å². The number of nitrogens with one attached hydrogen (secondary N) is 1. The van der Waals surface area contributed by atoms with E-state index in [-0.39, 0.29) is 33.3 Å². The highest BCUT2D eigenvalue weighted by Crippen LogP contribution is 2.37. The van der Waals surface area contributed by atoms with Gasteiger partial charge in [-0.2, -0.15) is 0 Å². The number of non-ortho nitro benzene ring substituents is 1. The number of urea groups is 1. The number of anilines is 1. The van der Waals surface area contributed by atoms with Crippen molar-refractivity contribution in [3.8, 4) is 11.5 Å². The molecule has 1 heterocycles. The van der Waals surface area contributed by atoms with Gasteiger partial charge in [0.1, 0.15) is 11.3 Å². The molecule has 1 saturated heterocycles. The van der Waals surface area contributed by atoms with Crippen LogP contribution in [0.2, 0.25) is 5.02 Å². The number of esters is 1. The number of barbiturate groups is 1. The molecule has 1 aliphatic rings. The van der Waals surface area contributed by atoms with Gasteiger partial charge in [0.2, 0.25) is 5.75 Å². The van der Waals surface area contributed by atoms with Crippen molar-refractivity contribution < 1.29 is 38.5 Å². The van der Waals surface area contributed by atoms with Gasteiger partial charge in [0.15, 0.2) is 0 Å². The number of hydrogen-bond acceptors (Lipinski definition) is 10. The van der Waals surface area contributed by atoms with Crippen LogP contribution in [-0.4, -0.2) is 40.8 Å². The van der Waals surface area contributed by atoms with Gasteiger partial charge in [0.05, 0.1) is 39.3 Å². The lowest BCUT2D eigenvalue weighted by atomic mass is 10.1. The Morgan fingerprint density at radius 3 is 2.23 bits per heavy atom. The fourth-order valence-electron chi connectivity index (χ4n) is 3.58. The molecule has 3 aromatic carbocycles. The van der Waals surface area contributed by atoms with E-state index in [2.05, 4.69) is 10.1 Å². The standard InChI is InChI=1S/C25H15ClN4O10/c1-39-24(33)14-3-5-15(6-4-14)28-23(32)17(22(31)27-25(28)34)10-13-2-8-20(18(26)11-13)40-21-9-7-16(29(35)36)12-19(21)30(37)38/h2-12H,1H3,(H,27,31,34)/b17-10+. The number of benzene rings is 3. The fraction of sp³-hybridized carbons (Fsp3) is 0.0400. The van der Waals surface area contributed by atoms with E-state index >= 15 is 0 Å². The number of rotatable bonds is 7. The molecule has 0 aromatic heterocycles. The molecule has 202 valence electrons. The third-order valence-electron chi connectivity index (χ3n) is 5.49. The molecule has 0 saturated carbocycles. The van der Waals surface area contributed by atoms with Crippen molar-refractivity contribution in [1.29, 1.82) is 0 Å². The van der Waals surface area contributed by atoms with Crippen LogP contribution in [0, 0.1) is 20.2 Å². The first-order valence-corrected chi connectivity index (χ1v) is 11.4. The maximum absolute atomic E-state index is 13.1. The number of nitrogens with zero attached hydrogens (tertiary/aromatic N) is 3. The highest BCUT2D eigenvalue weighted by molar-refractivity contribution is 6.39. The van der Waals surface area contributed by atoms with Crippen molar-refractivity contribution in [2.75, 3.05) is 12.0 Å². The highest BCUT2D eigenvalue weighted by atomic mass is 35.5. The number of nitro groups is 2. The minimum absolute atomic E-state index is 0.0531. The van der Waals surface area contributed by atoms with Gasteiger partial charge in [-0.3, -0.25) is 35.1 Å². The lowest BCUT2D eigenvalue weighted by molar-refractivity contribution is -0.394. The second-order valence-corrected chi connectivity index (χ2v) is 8.36. The van der Waals surface area contributed by atoms with Crippen molar-refractivity contribution in [3.63, 3.8) is 0 Å². The predicted octanol–water partition coefficient (Wildman–Crippen LogP) is 4.40. The zero-order valence-corrected chi connectivity index (χ0v) is 20.9. The molecule has 0 unspecified atom stereocenters. The number of carbonyl (C=O) groups is 4. The van der Waals surface area contributed by atoms with Gasteiger partial charge >= 0.3 is 17.7 Å². The SMILES string of the molecule is COC(=O)c1ccc(N2C(=O)NC(=O)/C(=C\c3ccc(Oc4ccc([N+](=O)[O-])cc4[N+](=O)[O-])c(Cl)c3)C2=O)cc1. The molecule has 0 radical (unpaired) electrons. The zero-order chi connectivity index (χ0) is 29.1. The van der Waals surface area contributed by atoms with E-state index in [9.17, 15) is 39.4 Å². The maximum atomic E-state index is 13.1. The number of carbonyl (C=O) groups excluding carboxylic acids is 4. The monoisotopic (exact) mass is 566 g/mol. The van der Waals surface area contributed by atoms with Crippen LogP contribution >= 0.6 is 11.6 Å². The zero-order valence-electron chi connectivity index (χ0n) is 20.2. The number of hydrogen-bond donors (Lipinski definition) is 1. The van der Waals surface area contributed by atoms with Crippen LogP contribution in [0.3, 0.4) is 0 Å². The number of imide groups is 2. The molecule has 3 aromatic rings. The Balaban J connectivity index is 1.61. The van der Waals surface area contributed by atoms with Gasteiger partial charge in [-0.05, 0) is 54.1 Å². The van der Waals surface area contributed by atoms with Crippen LogP contribution in [-0.2, 0) is 14.3 Å². The number of amides is 4. The first kappa shape index (κ1) is 27.4. The molecule has 0 bridgehead atoms. The average molecular weight is 567 g/mol. The minimum atomic E-state index is -0.996. The average Bonchev–Trinajstić information content (AvgIpc) is 2.92. The van der Waals surface area contributed by atoms with Gasteiger partial charge in [0, 0.05) is 6.07 Å². The first-order chi connectivity index (χ1) is 19.0. The Hall–Kier alpha value is -5.63. The summed E-state index contributed by atoms with van der Waals surface area (Å²) in [5.41, 5.74) is -1.07. The van der Waals surface area contributed by atoms with Crippen molar-refractivity contribution in [3.05, 3.63) is 103 Å². The molecule has 14 nitrogen and oxygen atoms in total.